The van der Waals surface area contributed by atoms with Crippen LogP contribution in [0.3, 0.4) is 0 Å². The third kappa shape index (κ3) is 5.49. The molecule has 1 atom stereocenters. The number of nitrogens with two attached hydrogens (primary N) is 1. The van der Waals surface area contributed by atoms with Crippen LogP contribution < -0.4 is 11.1 Å². The molecule has 1 fully saturated rings. The molecule has 0 bridgehead atoms. The van der Waals surface area contributed by atoms with Gasteiger partial charge in [0.15, 0.2) is 0 Å². The Bertz CT molecular complexity index is 107. The number of ether oxygens (including phenoxy) is 2. The molecule has 0 aromatic heterocycles. The van der Waals surface area contributed by atoms with Crippen LogP contribution in [0.15, 0.2) is 0 Å². The van der Waals surface area contributed by atoms with Gasteiger partial charge >= 0.3 is 0 Å². The number of epoxide rings is 1. The largest absolute Gasteiger partial charge is 0.379 e. The Morgan fingerprint density at radius 1 is 1.50 bits per heavy atom. The lowest BCUT2D eigenvalue weighted by atomic mass is 10.4. The van der Waals surface area contributed by atoms with E-state index < -0.39 is 0 Å². The lowest BCUT2D eigenvalue weighted by molar-refractivity contribution is 0.114. The predicted octanol–water partition coefficient (Wildman–Crippen LogP) is -0.660. The summed E-state index contributed by atoms with van der Waals surface area (Å²) >= 11 is 0. The SMILES string of the molecule is NCCNCCCOCC1CO1. The summed E-state index contributed by atoms with van der Waals surface area (Å²) in [4.78, 5) is 0. The summed E-state index contributed by atoms with van der Waals surface area (Å²) in [5.41, 5.74) is 5.31. The van der Waals surface area contributed by atoms with E-state index in [1.54, 1.807) is 0 Å². The summed E-state index contributed by atoms with van der Waals surface area (Å²) in [6.45, 7) is 5.05. The molecule has 0 saturated carbocycles. The summed E-state index contributed by atoms with van der Waals surface area (Å²) in [7, 11) is 0. The zero-order valence-corrected chi connectivity index (χ0v) is 7.42. The van der Waals surface area contributed by atoms with E-state index in [0.717, 1.165) is 39.3 Å². The molecule has 0 aliphatic carbocycles. The molecule has 1 rings (SSSR count). The Labute approximate surface area is 73.4 Å². The summed E-state index contributed by atoms with van der Waals surface area (Å²) in [6.07, 6.45) is 1.44. The van der Waals surface area contributed by atoms with Gasteiger partial charge in [-0.3, -0.25) is 0 Å². The molecule has 0 radical (unpaired) electrons. The van der Waals surface area contributed by atoms with E-state index >= 15 is 0 Å². The second kappa shape index (κ2) is 6.37. The van der Waals surface area contributed by atoms with Crippen molar-refractivity contribution in [3.8, 4) is 0 Å². The Morgan fingerprint density at radius 2 is 2.33 bits per heavy atom. The van der Waals surface area contributed by atoms with Crippen molar-refractivity contribution >= 4 is 0 Å². The monoisotopic (exact) mass is 174 g/mol. The Hall–Kier alpha value is -0.160. The molecular formula is C8H18N2O2. The molecule has 4 nitrogen and oxygen atoms in total. The van der Waals surface area contributed by atoms with Gasteiger partial charge in [0.05, 0.1) is 13.2 Å². The number of nitrogens with one attached hydrogen (secondary N) is 1. The second-order valence-electron chi connectivity index (χ2n) is 2.92. The normalized spacial score (nSPS) is 21.2. The maximum absolute atomic E-state index is 5.34. The topological polar surface area (TPSA) is 59.8 Å². The van der Waals surface area contributed by atoms with Crippen molar-refractivity contribution in [1.29, 1.82) is 0 Å². The first kappa shape index (κ1) is 9.92. The first-order chi connectivity index (χ1) is 5.93. The standard InChI is InChI=1S/C8H18N2O2/c9-2-4-10-3-1-5-11-6-8-7-12-8/h8,10H,1-7,9H2. The fourth-order valence-corrected chi connectivity index (χ4v) is 0.905. The highest BCUT2D eigenvalue weighted by Crippen LogP contribution is 2.08. The molecule has 1 aliphatic rings. The Morgan fingerprint density at radius 3 is 3.00 bits per heavy atom. The Kier molecular flexibility index (Phi) is 5.27. The quantitative estimate of drug-likeness (QED) is 0.379. The van der Waals surface area contributed by atoms with Crippen LogP contribution in [0.25, 0.3) is 0 Å². The lowest BCUT2D eigenvalue weighted by Crippen LogP contribution is -2.24. The molecule has 0 aromatic rings. The van der Waals surface area contributed by atoms with E-state index in [1.807, 2.05) is 0 Å². The molecule has 0 aromatic carbocycles. The van der Waals surface area contributed by atoms with Crippen LogP contribution in [0, 0.1) is 0 Å². The van der Waals surface area contributed by atoms with Crippen LogP contribution in [-0.4, -0.2) is 45.6 Å². The first-order valence-electron chi connectivity index (χ1n) is 4.53. The molecule has 1 unspecified atom stereocenters. The van der Waals surface area contributed by atoms with Gasteiger partial charge in [0.2, 0.25) is 0 Å². The summed E-state index contributed by atoms with van der Waals surface area (Å²) in [5, 5.41) is 3.20. The molecule has 4 heteroatoms. The second-order valence-corrected chi connectivity index (χ2v) is 2.92. The average molecular weight is 174 g/mol. The van der Waals surface area contributed by atoms with Gasteiger partial charge in [-0.25, -0.2) is 0 Å². The van der Waals surface area contributed by atoms with Crippen molar-refractivity contribution in [1.82, 2.24) is 5.32 Å². The van der Waals surface area contributed by atoms with Gasteiger partial charge in [0.1, 0.15) is 6.10 Å². The third-order valence-electron chi connectivity index (χ3n) is 1.67. The van der Waals surface area contributed by atoms with Crippen LogP contribution >= 0.6 is 0 Å². The molecule has 0 spiro atoms. The molecular weight excluding hydrogens is 156 g/mol. The summed E-state index contributed by atoms with van der Waals surface area (Å²) in [5.74, 6) is 0. The van der Waals surface area contributed by atoms with E-state index in [1.165, 1.54) is 0 Å². The van der Waals surface area contributed by atoms with Crippen molar-refractivity contribution in [3.05, 3.63) is 0 Å². The van der Waals surface area contributed by atoms with E-state index in [-0.39, 0.29) is 0 Å². The average Bonchev–Trinajstić information content (AvgIpc) is 2.87. The van der Waals surface area contributed by atoms with Crippen LogP contribution in [0.4, 0.5) is 0 Å². The molecule has 72 valence electrons. The van der Waals surface area contributed by atoms with Crippen LogP contribution in [0.2, 0.25) is 0 Å². The fourth-order valence-electron chi connectivity index (χ4n) is 0.905. The number of rotatable bonds is 8. The highest BCUT2D eigenvalue weighted by Gasteiger charge is 2.21. The highest BCUT2D eigenvalue weighted by atomic mass is 16.6. The highest BCUT2D eigenvalue weighted by molar-refractivity contribution is 4.67. The van der Waals surface area contributed by atoms with Crippen molar-refractivity contribution < 1.29 is 9.47 Å². The predicted molar refractivity (Wildman–Crippen MR) is 47.1 cm³/mol. The zero-order chi connectivity index (χ0) is 8.65. The van der Waals surface area contributed by atoms with Gasteiger partial charge in [-0.15, -0.1) is 0 Å². The molecule has 3 N–H and O–H groups in total. The summed E-state index contributed by atoms with van der Waals surface area (Å²) < 4.78 is 10.3. The van der Waals surface area contributed by atoms with Gasteiger partial charge in [0, 0.05) is 19.7 Å². The minimum Gasteiger partial charge on any atom is -0.379 e. The van der Waals surface area contributed by atoms with Crippen LogP contribution in [0.5, 0.6) is 0 Å². The zero-order valence-electron chi connectivity index (χ0n) is 7.42. The number of hydrogen-bond donors (Lipinski definition) is 2. The van der Waals surface area contributed by atoms with Gasteiger partial charge in [-0.05, 0) is 13.0 Å². The van der Waals surface area contributed by atoms with Crippen LogP contribution in [-0.2, 0) is 9.47 Å². The van der Waals surface area contributed by atoms with Gasteiger partial charge in [0.25, 0.3) is 0 Å². The summed E-state index contributed by atoms with van der Waals surface area (Å²) in [6, 6.07) is 0. The van der Waals surface area contributed by atoms with Gasteiger partial charge in [-0.2, -0.15) is 0 Å². The van der Waals surface area contributed by atoms with Crippen molar-refractivity contribution in [2.24, 2.45) is 5.73 Å². The van der Waals surface area contributed by atoms with E-state index in [9.17, 15) is 0 Å². The maximum atomic E-state index is 5.34. The molecule has 1 aliphatic heterocycles. The minimum absolute atomic E-state index is 0.391. The van der Waals surface area contributed by atoms with Crippen molar-refractivity contribution in [2.75, 3.05) is 39.5 Å². The Balaban J connectivity index is 1.65. The lowest BCUT2D eigenvalue weighted by Gasteiger charge is -2.03. The molecule has 12 heavy (non-hydrogen) atoms. The van der Waals surface area contributed by atoms with Crippen LogP contribution in [0.1, 0.15) is 6.42 Å². The molecule has 0 amide bonds. The minimum atomic E-state index is 0.391. The third-order valence-corrected chi connectivity index (χ3v) is 1.67. The van der Waals surface area contributed by atoms with Gasteiger partial charge in [-0.1, -0.05) is 0 Å². The van der Waals surface area contributed by atoms with Crippen molar-refractivity contribution in [2.45, 2.75) is 12.5 Å². The van der Waals surface area contributed by atoms with E-state index in [0.29, 0.717) is 12.6 Å². The van der Waals surface area contributed by atoms with Gasteiger partial charge < -0.3 is 20.5 Å². The first-order valence-corrected chi connectivity index (χ1v) is 4.53. The number of hydrogen-bond acceptors (Lipinski definition) is 4. The smallest absolute Gasteiger partial charge is 0.104 e. The maximum Gasteiger partial charge on any atom is 0.104 e. The molecule has 1 saturated heterocycles. The fraction of sp³-hybridized carbons (Fsp3) is 1.00. The van der Waals surface area contributed by atoms with E-state index in [2.05, 4.69) is 5.32 Å². The van der Waals surface area contributed by atoms with E-state index in [4.69, 9.17) is 15.2 Å². The molecule has 1 heterocycles. The van der Waals surface area contributed by atoms with Crippen molar-refractivity contribution in [3.63, 3.8) is 0 Å².